The fourth-order valence-corrected chi connectivity index (χ4v) is 5.18. The highest BCUT2D eigenvalue weighted by Gasteiger charge is 2.19. The van der Waals surface area contributed by atoms with Crippen LogP contribution in [0.15, 0.2) is 59.8 Å². The largest absolute Gasteiger partial charge is 0.366 e. The summed E-state index contributed by atoms with van der Waals surface area (Å²) in [7, 11) is 1.78. The van der Waals surface area contributed by atoms with Crippen LogP contribution in [0.2, 0.25) is 0 Å². The first-order valence-electron chi connectivity index (χ1n) is 12.0. The third-order valence-corrected chi connectivity index (χ3v) is 7.07. The first-order chi connectivity index (χ1) is 16.4. The number of rotatable bonds is 5. The van der Waals surface area contributed by atoms with Crippen molar-refractivity contribution in [2.75, 3.05) is 0 Å². The lowest BCUT2D eigenvalue weighted by atomic mass is 9.89. The number of aryl methyl sites for hydroxylation is 2. The van der Waals surface area contributed by atoms with E-state index in [2.05, 4.69) is 16.8 Å². The summed E-state index contributed by atoms with van der Waals surface area (Å²) in [5.74, 6) is 0.236. The minimum absolute atomic E-state index is 0.0140. The molecule has 5 rings (SSSR count). The van der Waals surface area contributed by atoms with Gasteiger partial charge in [0.25, 0.3) is 5.56 Å². The third-order valence-electron chi connectivity index (χ3n) is 7.07. The van der Waals surface area contributed by atoms with Gasteiger partial charge in [-0.25, -0.2) is 0 Å². The van der Waals surface area contributed by atoms with Gasteiger partial charge in [-0.3, -0.25) is 14.6 Å². The Morgan fingerprint density at radius 3 is 2.44 bits per heavy atom. The number of benzene rings is 1. The molecule has 3 heterocycles. The molecule has 0 bridgehead atoms. The van der Waals surface area contributed by atoms with Crippen molar-refractivity contribution in [3.8, 4) is 22.3 Å². The van der Waals surface area contributed by atoms with E-state index in [0.717, 1.165) is 39.8 Å². The topological polar surface area (TPSA) is 82.9 Å². The number of nitrogens with two attached hydrogens (primary N) is 1. The first-order valence-corrected chi connectivity index (χ1v) is 12.0. The predicted molar refractivity (Wildman–Crippen MR) is 136 cm³/mol. The van der Waals surface area contributed by atoms with Gasteiger partial charge in [0.1, 0.15) is 0 Å². The van der Waals surface area contributed by atoms with E-state index in [9.17, 15) is 9.59 Å². The molecule has 1 aromatic carbocycles. The van der Waals surface area contributed by atoms with E-state index in [0.29, 0.717) is 17.0 Å². The Kier molecular flexibility index (Phi) is 5.82. The van der Waals surface area contributed by atoms with Crippen LogP contribution in [-0.4, -0.2) is 20.0 Å². The highest BCUT2D eigenvalue weighted by molar-refractivity contribution is 5.96. The molecular weight excluding hydrogens is 424 g/mol. The highest BCUT2D eigenvalue weighted by Crippen LogP contribution is 2.34. The van der Waals surface area contributed by atoms with Crippen molar-refractivity contribution in [1.82, 2.24) is 14.1 Å². The summed E-state index contributed by atoms with van der Waals surface area (Å²) in [5, 5.41) is 0. The number of fused-ring (bicyclic) bond motifs is 1. The second-order valence-electron chi connectivity index (χ2n) is 9.56. The van der Waals surface area contributed by atoms with Crippen molar-refractivity contribution in [3.05, 3.63) is 76.5 Å². The fourth-order valence-electron chi connectivity index (χ4n) is 5.18. The van der Waals surface area contributed by atoms with E-state index in [1.54, 1.807) is 23.7 Å². The molecule has 1 aliphatic rings. The maximum atomic E-state index is 12.2. The predicted octanol–water partition coefficient (Wildman–Crippen LogP) is 5.06. The van der Waals surface area contributed by atoms with Gasteiger partial charge in [0.15, 0.2) is 0 Å². The van der Waals surface area contributed by atoms with Crippen molar-refractivity contribution in [3.63, 3.8) is 0 Å². The van der Waals surface area contributed by atoms with Crippen LogP contribution in [0.3, 0.4) is 0 Å². The lowest BCUT2D eigenvalue weighted by Crippen LogP contribution is -2.18. The zero-order valence-electron chi connectivity index (χ0n) is 19.8. The summed E-state index contributed by atoms with van der Waals surface area (Å²) < 4.78 is 3.97. The SMILES string of the molecule is Cc1cc(-c2cnc3c(-c4ccc(C(N)=O)cc4)cn(CC4CCCCC4)c3c2)cn(C)c1=O. The van der Waals surface area contributed by atoms with Crippen molar-refractivity contribution in [2.24, 2.45) is 18.7 Å². The average Bonchev–Trinajstić information content (AvgIpc) is 3.20. The van der Waals surface area contributed by atoms with Gasteiger partial charge >= 0.3 is 0 Å². The first kappa shape index (κ1) is 22.1. The summed E-state index contributed by atoms with van der Waals surface area (Å²) in [6.07, 6.45) is 12.4. The average molecular weight is 455 g/mol. The van der Waals surface area contributed by atoms with Gasteiger partial charge in [-0.2, -0.15) is 0 Å². The quantitative estimate of drug-likeness (QED) is 0.458. The van der Waals surface area contributed by atoms with Gasteiger partial charge in [0, 0.05) is 60.0 Å². The van der Waals surface area contributed by atoms with Crippen LogP contribution in [0, 0.1) is 12.8 Å². The Labute approximate surface area is 199 Å². The van der Waals surface area contributed by atoms with E-state index in [1.807, 2.05) is 37.5 Å². The summed E-state index contributed by atoms with van der Waals surface area (Å²) in [6, 6.07) is 11.5. The normalized spacial score (nSPS) is 14.5. The van der Waals surface area contributed by atoms with E-state index < -0.39 is 5.91 Å². The number of nitrogens with zero attached hydrogens (tertiary/aromatic N) is 3. The number of amides is 1. The van der Waals surface area contributed by atoms with E-state index >= 15 is 0 Å². The maximum absolute atomic E-state index is 12.2. The lowest BCUT2D eigenvalue weighted by Gasteiger charge is -2.22. The minimum Gasteiger partial charge on any atom is -0.366 e. The second-order valence-corrected chi connectivity index (χ2v) is 9.56. The number of primary amides is 1. The molecule has 0 atom stereocenters. The molecule has 6 nitrogen and oxygen atoms in total. The van der Waals surface area contributed by atoms with Crippen LogP contribution in [-0.2, 0) is 13.6 Å². The standard InChI is InChI=1S/C28H30N4O2/c1-18-12-23(16-31(2)28(18)34)22-13-25-26(30-14-22)24(20-8-10-21(11-9-20)27(29)33)17-32(25)15-19-6-4-3-5-7-19/h8-14,16-17,19H,3-7,15H2,1-2H3,(H2,29,33). The summed E-state index contributed by atoms with van der Waals surface area (Å²) in [6.45, 7) is 2.81. The molecule has 0 saturated heterocycles. The van der Waals surface area contributed by atoms with Crippen molar-refractivity contribution in [1.29, 1.82) is 0 Å². The smallest absolute Gasteiger partial charge is 0.253 e. The summed E-state index contributed by atoms with van der Waals surface area (Å²) in [5.41, 5.74) is 12.7. The van der Waals surface area contributed by atoms with Crippen LogP contribution in [0.1, 0.15) is 48.0 Å². The number of pyridine rings is 2. The molecule has 1 aliphatic carbocycles. The zero-order valence-corrected chi connectivity index (χ0v) is 19.8. The fraction of sp³-hybridized carbons (Fsp3) is 0.321. The van der Waals surface area contributed by atoms with Gasteiger partial charge in [-0.05, 0) is 55.5 Å². The molecule has 174 valence electrons. The molecular formula is C28H30N4O2. The Bertz CT molecular complexity index is 1400. The van der Waals surface area contributed by atoms with Crippen molar-refractivity contribution >= 4 is 16.9 Å². The maximum Gasteiger partial charge on any atom is 0.253 e. The molecule has 34 heavy (non-hydrogen) atoms. The van der Waals surface area contributed by atoms with Crippen molar-refractivity contribution in [2.45, 2.75) is 45.6 Å². The third kappa shape index (κ3) is 4.16. The van der Waals surface area contributed by atoms with E-state index in [-0.39, 0.29) is 5.56 Å². The zero-order chi connectivity index (χ0) is 23.8. The van der Waals surface area contributed by atoms with Gasteiger partial charge in [-0.1, -0.05) is 31.4 Å². The summed E-state index contributed by atoms with van der Waals surface area (Å²) >= 11 is 0. The second kappa shape index (κ2) is 8.93. The summed E-state index contributed by atoms with van der Waals surface area (Å²) in [4.78, 5) is 28.6. The molecule has 0 spiro atoms. The van der Waals surface area contributed by atoms with Crippen LogP contribution >= 0.6 is 0 Å². The minimum atomic E-state index is -0.429. The lowest BCUT2D eigenvalue weighted by molar-refractivity contribution is 0.100. The molecule has 4 aromatic rings. The molecule has 1 fully saturated rings. The molecule has 0 radical (unpaired) electrons. The Balaban J connectivity index is 1.63. The number of carbonyl (C=O) groups is 1. The molecule has 6 heteroatoms. The Morgan fingerprint density at radius 2 is 1.76 bits per heavy atom. The molecule has 0 unspecified atom stereocenters. The van der Waals surface area contributed by atoms with Crippen LogP contribution in [0.5, 0.6) is 0 Å². The van der Waals surface area contributed by atoms with Crippen LogP contribution in [0.25, 0.3) is 33.3 Å². The highest BCUT2D eigenvalue weighted by atomic mass is 16.1. The monoisotopic (exact) mass is 454 g/mol. The Morgan fingerprint density at radius 1 is 1.03 bits per heavy atom. The van der Waals surface area contributed by atoms with Gasteiger partial charge in [0.05, 0.1) is 11.0 Å². The molecule has 1 saturated carbocycles. The van der Waals surface area contributed by atoms with Crippen LogP contribution in [0.4, 0.5) is 0 Å². The van der Waals surface area contributed by atoms with E-state index in [1.165, 1.54) is 32.1 Å². The molecule has 3 aromatic heterocycles. The van der Waals surface area contributed by atoms with Crippen LogP contribution < -0.4 is 11.3 Å². The van der Waals surface area contributed by atoms with E-state index in [4.69, 9.17) is 10.7 Å². The number of aromatic nitrogens is 3. The number of hydrogen-bond donors (Lipinski definition) is 1. The molecule has 2 N–H and O–H groups in total. The number of hydrogen-bond acceptors (Lipinski definition) is 3. The Hall–Kier alpha value is -3.67. The molecule has 1 amide bonds. The van der Waals surface area contributed by atoms with Gasteiger partial charge in [-0.15, -0.1) is 0 Å². The van der Waals surface area contributed by atoms with Gasteiger partial charge < -0.3 is 14.9 Å². The number of carbonyl (C=O) groups excluding carboxylic acids is 1. The van der Waals surface area contributed by atoms with Crippen molar-refractivity contribution < 1.29 is 4.79 Å². The van der Waals surface area contributed by atoms with Gasteiger partial charge in [0.2, 0.25) is 5.91 Å². The molecule has 0 aliphatic heterocycles.